The molecular formula is C27H42BN2O9PS. The maximum atomic E-state index is 13.9. The molecule has 14 heteroatoms. The van der Waals surface area contributed by atoms with Gasteiger partial charge in [0, 0.05) is 19.2 Å². The smallest absolute Gasteiger partial charge is 0.367 e. The molecular weight excluding hydrogens is 570 g/mol. The zero-order chi connectivity index (χ0) is 30.6. The summed E-state index contributed by atoms with van der Waals surface area (Å²) < 4.78 is 63.4. The first-order chi connectivity index (χ1) is 19.3. The first-order valence-electron chi connectivity index (χ1n) is 13.5. The molecule has 0 fully saturated rings. The Bertz CT molecular complexity index is 1250. The van der Waals surface area contributed by atoms with E-state index in [1.54, 1.807) is 13.8 Å². The van der Waals surface area contributed by atoms with Gasteiger partial charge in [0.1, 0.15) is 0 Å². The molecule has 0 saturated heterocycles. The minimum Gasteiger partial charge on any atom is -0.493 e. The van der Waals surface area contributed by atoms with Crippen molar-refractivity contribution in [3.63, 3.8) is 0 Å². The Kier molecular flexibility index (Phi) is 13.8. The van der Waals surface area contributed by atoms with Crippen LogP contribution in [0.1, 0.15) is 33.3 Å². The second-order valence-corrected chi connectivity index (χ2v) is 13.7. The molecule has 0 heterocycles. The van der Waals surface area contributed by atoms with Crippen LogP contribution >= 0.6 is 7.60 Å². The van der Waals surface area contributed by atoms with Crippen molar-refractivity contribution in [1.82, 2.24) is 9.62 Å². The second-order valence-electron chi connectivity index (χ2n) is 9.81. The molecule has 0 aromatic heterocycles. The lowest BCUT2D eigenvalue weighted by atomic mass is 9.99. The van der Waals surface area contributed by atoms with Crippen LogP contribution in [0.3, 0.4) is 0 Å². The Balaban J connectivity index is 2.38. The first kappa shape index (κ1) is 34.8. The number of rotatable bonds is 18. The topological polar surface area (TPSA) is 141 Å². The predicted molar refractivity (Wildman–Crippen MR) is 160 cm³/mol. The van der Waals surface area contributed by atoms with Gasteiger partial charge in [-0.2, -0.15) is 4.31 Å². The summed E-state index contributed by atoms with van der Waals surface area (Å²) in [6.45, 7) is 7.22. The zero-order valence-electron chi connectivity index (χ0n) is 24.6. The van der Waals surface area contributed by atoms with E-state index < -0.39 is 36.1 Å². The van der Waals surface area contributed by atoms with E-state index in [0.29, 0.717) is 6.42 Å². The van der Waals surface area contributed by atoms with E-state index in [2.05, 4.69) is 5.32 Å². The third-order valence-corrected chi connectivity index (χ3v) is 9.49. The standard InChI is InChI=1S/C27H42BN2O9PS/c1-6-38-40(33,39-7-2)19-37-26-16-22(13-14-25(26)36-5)41(34,35)30(17-20(3)4)18-24(31)23(29-27(28)32)15-21-11-9-8-10-12-21/h8-14,16,20,23-24,31H,6-7,15,17-19,28H2,1-5H3,(H,29,32)/t23-,24+/m0/s1. The van der Waals surface area contributed by atoms with Crippen LogP contribution in [-0.4, -0.2) is 83.4 Å². The molecule has 2 N–H and O–H groups in total. The van der Waals surface area contributed by atoms with E-state index in [9.17, 15) is 22.9 Å². The number of amides is 1. The minimum atomic E-state index is -4.15. The number of nitrogens with zero attached hydrogens (tertiary/aromatic N) is 1. The van der Waals surface area contributed by atoms with Gasteiger partial charge in [-0.25, -0.2) is 8.42 Å². The van der Waals surface area contributed by atoms with Crippen LogP contribution in [0.5, 0.6) is 11.5 Å². The fourth-order valence-corrected chi connectivity index (χ4v) is 7.10. The van der Waals surface area contributed by atoms with Gasteiger partial charge in [-0.15, -0.1) is 0 Å². The van der Waals surface area contributed by atoms with Crippen LogP contribution in [-0.2, 0) is 30.1 Å². The van der Waals surface area contributed by atoms with Crippen molar-refractivity contribution in [2.75, 3.05) is 39.8 Å². The van der Waals surface area contributed by atoms with Crippen LogP contribution in [0.2, 0.25) is 0 Å². The maximum absolute atomic E-state index is 13.9. The summed E-state index contributed by atoms with van der Waals surface area (Å²) in [4.78, 5) is 11.8. The Morgan fingerprint density at radius 3 is 2.22 bits per heavy atom. The lowest BCUT2D eigenvalue weighted by Gasteiger charge is -2.30. The lowest BCUT2D eigenvalue weighted by Crippen LogP contribution is -2.50. The van der Waals surface area contributed by atoms with Gasteiger partial charge in [0.25, 0.3) is 0 Å². The molecule has 0 aliphatic rings. The average Bonchev–Trinajstić information content (AvgIpc) is 2.91. The van der Waals surface area contributed by atoms with E-state index in [4.69, 9.17) is 18.5 Å². The molecule has 0 aliphatic carbocycles. The normalized spacial score (nSPS) is 13.7. The van der Waals surface area contributed by atoms with E-state index in [0.717, 1.165) is 5.56 Å². The number of ether oxygens (including phenoxy) is 2. The van der Waals surface area contributed by atoms with Gasteiger partial charge in [0.2, 0.25) is 17.9 Å². The largest absolute Gasteiger partial charge is 0.493 e. The molecule has 2 aromatic rings. The van der Waals surface area contributed by atoms with Gasteiger partial charge >= 0.3 is 7.60 Å². The summed E-state index contributed by atoms with van der Waals surface area (Å²) in [7, 11) is -4.99. The van der Waals surface area contributed by atoms with Crippen molar-refractivity contribution in [3.05, 3.63) is 54.1 Å². The third-order valence-electron chi connectivity index (χ3n) is 5.91. The number of carbonyl (C=O) groups is 1. The Hall–Kier alpha value is -2.41. The number of benzene rings is 2. The molecule has 0 spiro atoms. The van der Waals surface area contributed by atoms with Crippen LogP contribution in [0.25, 0.3) is 0 Å². The molecule has 41 heavy (non-hydrogen) atoms. The van der Waals surface area contributed by atoms with Crippen LogP contribution in [0.4, 0.5) is 4.79 Å². The third kappa shape index (κ3) is 10.7. The molecule has 1 amide bonds. The highest BCUT2D eigenvalue weighted by Crippen LogP contribution is 2.48. The van der Waals surface area contributed by atoms with Crippen molar-refractivity contribution < 1.29 is 41.4 Å². The van der Waals surface area contributed by atoms with Crippen molar-refractivity contribution >= 4 is 31.3 Å². The number of sulfonamides is 1. The highest BCUT2D eigenvalue weighted by atomic mass is 32.2. The highest BCUT2D eigenvalue weighted by Gasteiger charge is 2.32. The van der Waals surface area contributed by atoms with Crippen LogP contribution in [0, 0.1) is 5.92 Å². The number of methoxy groups -OCH3 is 1. The summed E-state index contributed by atoms with van der Waals surface area (Å²) >= 11 is 0. The minimum absolute atomic E-state index is 0.0402. The predicted octanol–water partition coefficient (Wildman–Crippen LogP) is 3.26. The number of nitrogens with one attached hydrogen (secondary N) is 1. The van der Waals surface area contributed by atoms with Gasteiger partial charge in [0.05, 0.1) is 37.4 Å². The first-order valence-corrected chi connectivity index (χ1v) is 16.7. The summed E-state index contributed by atoms with van der Waals surface area (Å²) in [5, 5.41) is 14.0. The Morgan fingerprint density at radius 1 is 1.05 bits per heavy atom. The van der Waals surface area contributed by atoms with Gasteiger partial charge in [-0.1, -0.05) is 44.2 Å². The Labute approximate surface area is 244 Å². The molecule has 2 atom stereocenters. The molecule has 228 valence electrons. The van der Waals surface area contributed by atoms with E-state index in [1.165, 1.54) is 37.5 Å². The van der Waals surface area contributed by atoms with Crippen molar-refractivity contribution in [3.8, 4) is 11.5 Å². The summed E-state index contributed by atoms with van der Waals surface area (Å²) in [6.07, 6.45) is -1.33. The molecule has 2 rings (SSSR count). The van der Waals surface area contributed by atoms with E-state index in [1.807, 2.05) is 44.2 Å². The number of hydrogen-bond donors (Lipinski definition) is 2. The van der Waals surface area contributed by atoms with Crippen LogP contribution < -0.4 is 14.8 Å². The quantitative estimate of drug-likeness (QED) is 0.192. The number of aliphatic hydroxyl groups excluding tert-OH is 1. The number of carbonyl (C=O) groups excluding carboxylic acids is 1. The molecule has 0 aliphatic heterocycles. The average molecular weight is 612 g/mol. The number of hydrogen-bond acceptors (Lipinski definition) is 9. The lowest BCUT2D eigenvalue weighted by molar-refractivity contribution is 0.106. The van der Waals surface area contributed by atoms with Crippen molar-refractivity contribution in [2.24, 2.45) is 5.92 Å². The van der Waals surface area contributed by atoms with Crippen molar-refractivity contribution in [2.45, 2.75) is 51.2 Å². The summed E-state index contributed by atoms with van der Waals surface area (Å²) in [5.41, 5.74) is 0.886. The molecule has 2 aromatic carbocycles. The molecule has 0 saturated carbocycles. The maximum Gasteiger partial charge on any atom is 0.367 e. The van der Waals surface area contributed by atoms with E-state index >= 15 is 0 Å². The summed E-state index contributed by atoms with van der Waals surface area (Å²) in [6, 6.07) is 12.7. The van der Waals surface area contributed by atoms with Gasteiger partial charge < -0.3 is 28.9 Å². The monoisotopic (exact) mass is 612 g/mol. The fraction of sp³-hybridized carbons (Fsp3) is 0.519. The van der Waals surface area contributed by atoms with E-state index in [-0.39, 0.29) is 54.4 Å². The summed E-state index contributed by atoms with van der Waals surface area (Å²) in [5.74, 6) is -0.134. The van der Waals surface area contributed by atoms with Gasteiger partial charge in [-0.05, 0) is 43.9 Å². The van der Waals surface area contributed by atoms with Crippen LogP contribution in [0.15, 0.2) is 53.4 Å². The number of aliphatic hydroxyl groups is 1. The van der Waals surface area contributed by atoms with Crippen molar-refractivity contribution in [1.29, 1.82) is 0 Å². The molecule has 0 bridgehead atoms. The van der Waals surface area contributed by atoms with Gasteiger partial charge in [0.15, 0.2) is 23.7 Å². The SMILES string of the molecule is BC(=O)N[C@@H](Cc1ccccc1)[C@H](O)CN(CC(C)C)S(=O)(=O)c1ccc(OC)c(OCP(=O)(OCC)OCC)c1. The molecule has 11 nitrogen and oxygen atoms in total. The second kappa shape index (κ2) is 16.3. The zero-order valence-corrected chi connectivity index (χ0v) is 26.3. The molecule has 0 radical (unpaired) electrons. The fourth-order valence-electron chi connectivity index (χ4n) is 4.16. The highest BCUT2D eigenvalue weighted by molar-refractivity contribution is 7.89. The molecule has 0 unspecified atom stereocenters. The Morgan fingerprint density at radius 2 is 1.68 bits per heavy atom. The van der Waals surface area contributed by atoms with Gasteiger partial charge in [-0.3, -0.25) is 9.36 Å².